The summed E-state index contributed by atoms with van der Waals surface area (Å²) in [5.74, 6) is 2.19. The number of halogens is 1. The van der Waals surface area contributed by atoms with Crippen molar-refractivity contribution in [3.63, 3.8) is 0 Å². The second-order valence-electron chi connectivity index (χ2n) is 3.87. The molecule has 4 nitrogen and oxygen atoms in total. The Morgan fingerprint density at radius 2 is 2.17 bits per heavy atom. The monoisotopic (exact) mass is 252 g/mol. The van der Waals surface area contributed by atoms with E-state index < -0.39 is 0 Å². The van der Waals surface area contributed by atoms with E-state index in [0.717, 1.165) is 22.4 Å². The highest BCUT2D eigenvalue weighted by molar-refractivity contribution is 7.03. The van der Waals surface area contributed by atoms with E-state index in [-0.39, 0.29) is 12.0 Å². The summed E-state index contributed by atoms with van der Waals surface area (Å²) in [6, 6.07) is 7.51. The average molecular weight is 252 g/mol. The van der Waals surface area contributed by atoms with Crippen LogP contribution in [0.4, 0.5) is 5.69 Å². The van der Waals surface area contributed by atoms with Crippen LogP contribution in [0.5, 0.6) is 0 Å². The number of hydrogen-bond acceptors (Lipinski definition) is 4. The molecule has 0 saturated heterocycles. The Morgan fingerprint density at radius 3 is 2.94 bits per heavy atom. The zero-order valence-corrected chi connectivity index (χ0v) is 9.96. The first-order valence-corrected chi connectivity index (χ1v) is 5.72. The lowest BCUT2D eigenvalue weighted by molar-refractivity contribution is 1.17. The Balaban J connectivity index is 2.07. The zero-order chi connectivity index (χ0) is 12.5. The van der Waals surface area contributed by atoms with Crippen LogP contribution >= 0.6 is 11.6 Å². The Morgan fingerprint density at radius 1 is 1.28 bits per heavy atom. The van der Waals surface area contributed by atoms with Crippen molar-refractivity contribution in [3.8, 4) is 17.2 Å². The summed E-state index contributed by atoms with van der Waals surface area (Å²) in [5, 5.41) is 9.17. The molecule has 0 fully saturated rings. The van der Waals surface area contributed by atoms with Crippen LogP contribution in [0.15, 0.2) is 35.5 Å². The third-order valence-corrected chi connectivity index (χ3v) is 2.97. The minimum absolute atomic E-state index is 0.214. The van der Waals surface area contributed by atoms with Crippen molar-refractivity contribution in [1.29, 1.82) is 5.26 Å². The molecule has 0 amide bonds. The van der Waals surface area contributed by atoms with Crippen LogP contribution in [0.1, 0.15) is 0 Å². The molecule has 0 atom stereocenters. The highest BCUT2D eigenvalue weighted by atomic mass is 35.5. The van der Waals surface area contributed by atoms with Crippen molar-refractivity contribution in [1.82, 2.24) is 9.97 Å². The standard InChI is InChI=1S/C12H6BClN4/c14-12-16-4-3-10(18-12)8-1-2-9-11(5-8)17-7-13(9)6-15/h1-5,7H. The summed E-state index contributed by atoms with van der Waals surface area (Å²) in [6.45, 7) is -0.247. The normalized spacial score (nSPS) is 12.3. The minimum atomic E-state index is -0.247. The summed E-state index contributed by atoms with van der Waals surface area (Å²) in [5.41, 5.74) is 3.40. The second-order valence-corrected chi connectivity index (χ2v) is 4.21. The first-order chi connectivity index (χ1) is 8.78. The molecule has 2 heterocycles. The molecule has 1 aromatic carbocycles. The van der Waals surface area contributed by atoms with Gasteiger partial charge in [-0.2, -0.15) is 0 Å². The van der Waals surface area contributed by atoms with Crippen molar-refractivity contribution >= 4 is 35.6 Å². The summed E-state index contributed by atoms with van der Waals surface area (Å²) >= 11 is 5.76. The van der Waals surface area contributed by atoms with Gasteiger partial charge in [-0.05, 0) is 35.3 Å². The van der Waals surface area contributed by atoms with Crippen LogP contribution < -0.4 is 5.46 Å². The van der Waals surface area contributed by atoms with E-state index in [4.69, 9.17) is 16.9 Å². The average Bonchev–Trinajstić information content (AvgIpc) is 2.80. The lowest BCUT2D eigenvalue weighted by Crippen LogP contribution is -2.26. The van der Waals surface area contributed by atoms with Crippen molar-refractivity contribution in [2.24, 2.45) is 4.99 Å². The van der Waals surface area contributed by atoms with E-state index in [1.165, 1.54) is 0 Å². The third-order valence-electron chi connectivity index (χ3n) is 2.79. The topological polar surface area (TPSA) is 61.9 Å². The van der Waals surface area contributed by atoms with Crippen molar-refractivity contribution < 1.29 is 0 Å². The van der Waals surface area contributed by atoms with Crippen LogP contribution in [-0.4, -0.2) is 22.8 Å². The fourth-order valence-corrected chi connectivity index (χ4v) is 2.06. The number of benzene rings is 1. The first kappa shape index (κ1) is 10.9. The van der Waals surface area contributed by atoms with Gasteiger partial charge in [-0.3, -0.25) is 4.99 Å². The number of fused-ring (bicyclic) bond motifs is 1. The number of aliphatic imine (C=N–C) groups is 1. The molecule has 3 rings (SSSR count). The number of aromatic nitrogens is 2. The van der Waals surface area contributed by atoms with Crippen LogP contribution in [0, 0.1) is 11.2 Å². The molecule has 0 bridgehead atoms. The maximum Gasteiger partial charge on any atom is 0.346 e. The number of nitriles is 1. The lowest BCUT2D eigenvalue weighted by Gasteiger charge is -2.04. The van der Waals surface area contributed by atoms with Crippen LogP contribution in [-0.2, 0) is 0 Å². The Hall–Kier alpha value is -2.19. The quantitative estimate of drug-likeness (QED) is 0.574. The van der Waals surface area contributed by atoms with Gasteiger partial charge in [-0.15, -0.1) is 0 Å². The molecule has 18 heavy (non-hydrogen) atoms. The van der Waals surface area contributed by atoms with Gasteiger partial charge in [0.25, 0.3) is 0 Å². The van der Waals surface area contributed by atoms with E-state index in [1.807, 2.05) is 18.2 Å². The molecule has 1 aliphatic heterocycles. The number of nitrogens with zero attached hydrogens (tertiary/aromatic N) is 4. The molecule has 6 heteroatoms. The number of hydrogen-bond donors (Lipinski definition) is 0. The molecule has 0 N–H and O–H groups in total. The highest BCUT2D eigenvalue weighted by Gasteiger charge is 2.23. The molecule has 0 aliphatic carbocycles. The SMILES string of the molecule is N#CB1C=Nc2cc(-c3ccnc(Cl)n3)ccc21. The molecule has 0 radical (unpaired) electrons. The summed E-state index contributed by atoms with van der Waals surface area (Å²) in [4.78, 5) is 12.2. The third kappa shape index (κ3) is 1.77. The second kappa shape index (κ2) is 4.24. The Labute approximate surface area is 109 Å². The van der Waals surface area contributed by atoms with Gasteiger partial charge in [0.2, 0.25) is 5.28 Å². The highest BCUT2D eigenvalue weighted by Crippen LogP contribution is 2.24. The summed E-state index contributed by atoms with van der Waals surface area (Å²) < 4.78 is 0. The van der Waals surface area contributed by atoms with Gasteiger partial charge in [0.05, 0.1) is 11.4 Å². The van der Waals surface area contributed by atoms with Gasteiger partial charge in [0.15, 0.2) is 0 Å². The van der Waals surface area contributed by atoms with E-state index in [1.54, 1.807) is 18.4 Å². The molecule has 0 saturated carbocycles. The van der Waals surface area contributed by atoms with Crippen molar-refractivity contribution in [3.05, 3.63) is 35.7 Å². The van der Waals surface area contributed by atoms with Crippen molar-refractivity contribution in [2.75, 3.05) is 0 Å². The molecule has 0 unspecified atom stereocenters. The fourth-order valence-electron chi connectivity index (χ4n) is 1.91. The predicted molar refractivity (Wildman–Crippen MR) is 71.6 cm³/mol. The van der Waals surface area contributed by atoms with Gasteiger partial charge in [0, 0.05) is 17.7 Å². The van der Waals surface area contributed by atoms with Gasteiger partial charge in [-0.1, -0.05) is 12.1 Å². The first-order valence-electron chi connectivity index (χ1n) is 5.34. The predicted octanol–water partition coefficient (Wildman–Crippen LogP) is 1.82. The van der Waals surface area contributed by atoms with Crippen LogP contribution in [0.25, 0.3) is 11.3 Å². The molecular formula is C12H6BClN4. The van der Waals surface area contributed by atoms with Gasteiger partial charge in [-0.25, -0.2) is 15.2 Å². The van der Waals surface area contributed by atoms with E-state index in [0.29, 0.717) is 0 Å². The molecule has 0 spiro atoms. The largest absolute Gasteiger partial charge is 0.346 e. The molecule has 84 valence electrons. The summed E-state index contributed by atoms with van der Waals surface area (Å²) in [6.07, 6.45) is 3.26. The minimum Gasteiger partial charge on any atom is -0.270 e. The maximum atomic E-state index is 8.96. The van der Waals surface area contributed by atoms with E-state index >= 15 is 0 Å². The van der Waals surface area contributed by atoms with E-state index in [2.05, 4.69) is 20.9 Å². The fraction of sp³-hybridized carbons (Fsp3) is 0. The molecule has 1 aromatic heterocycles. The van der Waals surface area contributed by atoms with Crippen LogP contribution in [0.3, 0.4) is 0 Å². The Bertz CT molecular complexity index is 693. The molecular weight excluding hydrogens is 246 g/mol. The lowest BCUT2D eigenvalue weighted by atomic mass is 9.48. The molecule has 1 aliphatic rings. The van der Waals surface area contributed by atoms with Gasteiger partial charge >= 0.3 is 6.71 Å². The maximum absolute atomic E-state index is 8.96. The van der Waals surface area contributed by atoms with Gasteiger partial charge < -0.3 is 0 Å². The number of rotatable bonds is 1. The zero-order valence-electron chi connectivity index (χ0n) is 9.21. The van der Waals surface area contributed by atoms with Crippen LogP contribution in [0.2, 0.25) is 5.28 Å². The van der Waals surface area contributed by atoms with Crippen molar-refractivity contribution in [2.45, 2.75) is 0 Å². The van der Waals surface area contributed by atoms with Gasteiger partial charge in [0.1, 0.15) is 0 Å². The smallest absolute Gasteiger partial charge is 0.270 e. The Kier molecular flexibility index (Phi) is 2.58. The summed E-state index contributed by atoms with van der Waals surface area (Å²) in [7, 11) is 0. The molecule has 2 aromatic rings. The van der Waals surface area contributed by atoms with E-state index in [9.17, 15) is 0 Å².